The topological polar surface area (TPSA) is 108 Å². The van der Waals surface area contributed by atoms with Crippen molar-refractivity contribution in [2.45, 2.75) is 19.9 Å². The van der Waals surface area contributed by atoms with Crippen LogP contribution in [-0.4, -0.2) is 31.8 Å². The van der Waals surface area contributed by atoms with Gasteiger partial charge in [0.25, 0.3) is 0 Å². The van der Waals surface area contributed by atoms with Crippen LogP contribution in [0.2, 0.25) is 0 Å². The molecule has 9 nitrogen and oxygen atoms in total. The lowest BCUT2D eigenvalue weighted by atomic mass is 10.1. The van der Waals surface area contributed by atoms with Crippen molar-refractivity contribution in [2.24, 2.45) is 0 Å². The second kappa shape index (κ2) is 7.98. The number of anilines is 2. The Hall–Kier alpha value is -4.08. The lowest BCUT2D eigenvalue weighted by Crippen LogP contribution is -2.02. The number of benzene rings is 2. The van der Waals surface area contributed by atoms with Crippen molar-refractivity contribution >= 4 is 28.2 Å². The molecule has 2 aromatic carbocycles. The van der Waals surface area contributed by atoms with Gasteiger partial charge >= 0.3 is 5.69 Å². The third kappa shape index (κ3) is 3.87. The molecule has 0 aliphatic carbocycles. The highest BCUT2D eigenvalue weighted by Gasteiger charge is 2.19. The van der Waals surface area contributed by atoms with Gasteiger partial charge in [0.05, 0.1) is 35.1 Å². The summed E-state index contributed by atoms with van der Waals surface area (Å²) in [5.74, 6) is -0.702. The van der Waals surface area contributed by atoms with Crippen molar-refractivity contribution in [3.05, 3.63) is 64.7 Å². The third-order valence-corrected chi connectivity index (χ3v) is 4.75. The Morgan fingerprint density at radius 1 is 1.23 bits per heavy atom. The first-order chi connectivity index (χ1) is 14.9. The van der Waals surface area contributed by atoms with Crippen molar-refractivity contribution in [1.82, 2.24) is 19.7 Å². The highest BCUT2D eigenvalue weighted by molar-refractivity contribution is 5.84. The molecule has 0 spiro atoms. The fourth-order valence-electron chi connectivity index (χ4n) is 3.27. The van der Waals surface area contributed by atoms with Crippen LogP contribution in [0.25, 0.3) is 22.2 Å². The fraction of sp³-hybridized carbons (Fsp3) is 0.190. The van der Waals surface area contributed by atoms with E-state index in [4.69, 9.17) is 4.74 Å². The second-order valence-corrected chi connectivity index (χ2v) is 7.11. The Kier molecular flexibility index (Phi) is 5.20. The molecular weight excluding hydrogens is 403 g/mol. The van der Waals surface area contributed by atoms with Gasteiger partial charge in [-0.05, 0) is 32.0 Å². The predicted molar refractivity (Wildman–Crippen MR) is 114 cm³/mol. The molecule has 2 aromatic heterocycles. The van der Waals surface area contributed by atoms with Gasteiger partial charge < -0.3 is 10.1 Å². The van der Waals surface area contributed by atoms with Crippen LogP contribution in [0.3, 0.4) is 0 Å². The number of methoxy groups -OCH3 is 1. The summed E-state index contributed by atoms with van der Waals surface area (Å²) in [6, 6.07) is 9.91. The van der Waals surface area contributed by atoms with Gasteiger partial charge in [-0.1, -0.05) is 6.07 Å². The highest BCUT2D eigenvalue weighted by atomic mass is 19.1. The summed E-state index contributed by atoms with van der Waals surface area (Å²) in [5, 5.41) is 19.4. The summed E-state index contributed by atoms with van der Waals surface area (Å²) in [5.41, 5.74) is 2.04. The van der Waals surface area contributed by atoms with Crippen molar-refractivity contribution in [3.63, 3.8) is 0 Å². The molecule has 0 saturated heterocycles. The lowest BCUT2D eigenvalue weighted by molar-refractivity contribution is -0.387. The molecule has 1 N–H and O–H groups in total. The molecule has 10 heteroatoms. The van der Waals surface area contributed by atoms with Crippen LogP contribution in [-0.2, 0) is 0 Å². The van der Waals surface area contributed by atoms with E-state index in [1.165, 1.54) is 7.11 Å². The lowest BCUT2D eigenvalue weighted by Gasteiger charge is -2.11. The van der Waals surface area contributed by atoms with Crippen LogP contribution in [0.5, 0.6) is 5.75 Å². The van der Waals surface area contributed by atoms with E-state index in [2.05, 4.69) is 34.2 Å². The Morgan fingerprint density at radius 2 is 2.03 bits per heavy atom. The van der Waals surface area contributed by atoms with Crippen LogP contribution < -0.4 is 10.1 Å². The molecule has 4 aromatic rings. The van der Waals surface area contributed by atoms with Gasteiger partial charge in [-0.15, -0.1) is 0 Å². The van der Waals surface area contributed by atoms with Crippen molar-refractivity contribution in [2.75, 3.05) is 12.4 Å². The van der Waals surface area contributed by atoms with E-state index >= 15 is 0 Å². The number of halogens is 1. The quantitative estimate of drug-likeness (QED) is 0.349. The minimum Gasteiger partial charge on any atom is -0.494 e. The molecule has 0 radical (unpaired) electrons. The summed E-state index contributed by atoms with van der Waals surface area (Å²) >= 11 is 0. The zero-order valence-electron chi connectivity index (χ0n) is 17.0. The summed E-state index contributed by atoms with van der Waals surface area (Å²) in [6.07, 6.45) is 3.37. The Morgan fingerprint density at radius 3 is 2.74 bits per heavy atom. The maximum absolute atomic E-state index is 13.9. The molecule has 0 fully saturated rings. The normalized spacial score (nSPS) is 11.1. The number of nitrogens with zero attached hydrogens (tertiary/aromatic N) is 5. The number of nitro groups is 1. The van der Waals surface area contributed by atoms with Gasteiger partial charge in [0.15, 0.2) is 0 Å². The number of ether oxygens (including phenoxy) is 1. The van der Waals surface area contributed by atoms with E-state index in [9.17, 15) is 14.5 Å². The first kappa shape index (κ1) is 20.2. The molecule has 0 amide bonds. The van der Waals surface area contributed by atoms with E-state index in [1.807, 2.05) is 29.1 Å². The average molecular weight is 422 g/mol. The molecule has 2 heterocycles. The minimum atomic E-state index is -0.989. The smallest absolute Gasteiger partial charge is 0.307 e. The van der Waals surface area contributed by atoms with E-state index in [0.717, 1.165) is 28.6 Å². The molecule has 4 rings (SSSR count). The Balaban J connectivity index is 1.69. The van der Waals surface area contributed by atoms with Crippen LogP contribution in [0, 0.1) is 15.9 Å². The van der Waals surface area contributed by atoms with E-state index < -0.39 is 16.4 Å². The zero-order valence-corrected chi connectivity index (χ0v) is 17.0. The number of nitro benzene ring substituents is 1. The summed E-state index contributed by atoms with van der Waals surface area (Å²) in [6.45, 7) is 4.13. The molecule has 0 saturated carbocycles. The van der Waals surface area contributed by atoms with E-state index in [0.29, 0.717) is 5.69 Å². The molecule has 0 bridgehead atoms. The Bertz CT molecular complexity index is 1290. The van der Waals surface area contributed by atoms with Crippen LogP contribution >= 0.6 is 0 Å². The van der Waals surface area contributed by atoms with Crippen LogP contribution in [0.1, 0.15) is 19.9 Å². The average Bonchev–Trinajstić information content (AvgIpc) is 3.18. The van der Waals surface area contributed by atoms with Gasteiger partial charge in [0, 0.05) is 35.3 Å². The van der Waals surface area contributed by atoms with E-state index in [1.54, 1.807) is 12.3 Å². The molecule has 31 heavy (non-hydrogen) atoms. The van der Waals surface area contributed by atoms with Crippen molar-refractivity contribution in [1.29, 1.82) is 0 Å². The molecule has 0 aliphatic rings. The van der Waals surface area contributed by atoms with Crippen LogP contribution in [0.15, 0.2) is 48.8 Å². The molecular formula is C21H19FN6O3. The van der Waals surface area contributed by atoms with Crippen molar-refractivity contribution in [3.8, 4) is 17.0 Å². The summed E-state index contributed by atoms with van der Waals surface area (Å²) in [7, 11) is 1.34. The number of hydrogen-bond donors (Lipinski definition) is 1. The summed E-state index contributed by atoms with van der Waals surface area (Å²) in [4.78, 5) is 18.9. The maximum atomic E-state index is 13.9. The van der Waals surface area contributed by atoms with Gasteiger partial charge in [0.2, 0.25) is 11.8 Å². The fourth-order valence-corrected chi connectivity index (χ4v) is 3.27. The first-order valence-corrected chi connectivity index (χ1v) is 9.47. The molecule has 158 valence electrons. The highest BCUT2D eigenvalue weighted by Crippen LogP contribution is 2.33. The summed E-state index contributed by atoms with van der Waals surface area (Å²) < 4.78 is 21.0. The number of aromatic nitrogens is 4. The largest absolute Gasteiger partial charge is 0.494 e. The number of fused-ring (bicyclic) bond motifs is 1. The predicted octanol–water partition coefficient (Wildman–Crippen LogP) is 4.87. The number of rotatable bonds is 6. The zero-order chi connectivity index (χ0) is 22.1. The van der Waals surface area contributed by atoms with Crippen molar-refractivity contribution < 1.29 is 14.1 Å². The monoisotopic (exact) mass is 422 g/mol. The van der Waals surface area contributed by atoms with Crippen LogP contribution in [0.4, 0.5) is 21.7 Å². The molecule has 0 atom stereocenters. The number of hydrogen-bond acceptors (Lipinski definition) is 7. The van der Waals surface area contributed by atoms with Gasteiger partial charge in [-0.3, -0.25) is 14.8 Å². The van der Waals surface area contributed by atoms with Gasteiger partial charge in [-0.2, -0.15) is 9.49 Å². The third-order valence-electron chi connectivity index (χ3n) is 4.75. The first-order valence-electron chi connectivity index (χ1n) is 9.47. The second-order valence-electron chi connectivity index (χ2n) is 7.11. The minimum absolute atomic E-state index is 0.0969. The SMILES string of the molecule is COc1cc(F)c([N+](=O)[O-])cc1Nc1nccc(-c2ccc3c(cnn3C(C)C)c2)n1. The molecule has 0 aliphatic heterocycles. The standard InChI is InChI=1S/C21H19FN6O3/c1-12(2)27-18-5-4-13(8-14(18)11-24-27)16-6-7-23-21(25-16)26-17-10-19(28(29)30)15(22)9-20(17)31-3/h4-12H,1-3H3,(H,23,25,26). The van der Waals surface area contributed by atoms with E-state index in [-0.39, 0.29) is 23.4 Å². The number of nitrogens with one attached hydrogen (secondary N) is 1. The Labute approximate surface area is 176 Å². The van der Waals surface area contributed by atoms with Gasteiger partial charge in [0.1, 0.15) is 5.75 Å². The molecule has 0 unspecified atom stereocenters. The van der Waals surface area contributed by atoms with Gasteiger partial charge in [-0.25, -0.2) is 9.97 Å². The maximum Gasteiger partial charge on any atom is 0.307 e.